The number of carbonyl (C=O) groups is 5. The van der Waals surface area contributed by atoms with Crippen LogP contribution in [0.15, 0.2) is 36.4 Å². The molecule has 1 aliphatic rings. The summed E-state index contributed by atoms with van der Waals surface area (Å²) in [6.45, 7) is 5.02. The third-order valence-corrected chi connectivity index (χ3v) is 7.18. The van der Waals surface area contributed by atoms with E-state index in [-0.39, 0.29) is 88.5 Å². The van der Waals surface area contributed by atoms with Crippen molar-refractivity contribution in [1.29, 1.82) is 0 Å². The van der Waals surface area contributed by atoms with Crippen molar-refractivity contribution in [3.63, 3.8) is 0 Å². The smallest absolute Gasteiger partial charge is 0.481 e. The van der Waals surface area contributed by atoms with E-state index in [1.165, 1.54) is 15.9 Å². The number of rotatable bonds is 13. The van der Waals surface area contributed by atoms with Crippen molar-refractivity contribution in [3.8, 4) is 11.4 Å². The molecule has 50 heavy (non-hydrogen) atoms. The number of halogens is 3. The van der Waals surface area contributed by atoms with E-state index < -0.39 is 45.5 Å². The van der Waals surface area contributed by atoms with Gasteiger partial charge < -0.3 is 35.0 Å². The molecular weight excluding hydrogens is 697 g/mol. The summed E-state index contributed by atoms with van der Waals surface area (Å²) in [4.78, 5) is 73.7. The Morgan fingerprint density at radius 3 is 2.06 bits per heavy atom. The van der Waals surface area contributed by atoms with Crippen LogP contribution in [-0.2, 0) is 34.0 Å². The lowest BCUT2D eigenvalue weighted by Gasteiger charge is -2.35. The van der Waals surface area contributed by atoms with Gasteiger partial charge in [0.2, 0.25) is 5.91 Å². The van der Waals surface area contributed by atoms with Crippen molar-refractivity contribution in [2.24, 2.45) is 0 Å². The fourth-order valence-electron chi connectivity index (χ4n) is 4.20. The first-order valence-corrected chi connectivity index (χ1v) is 16.5. The lowest BCUT2D eigenvalue weighted by molar-refractivity contribution is -0.143. The van der Waals surface area contributed by atoms with Gasteiger partial charge in [-0.15, -0.1) is 0 Å². The van der Waals surface area contributed by atoms with Gasteiger partial charge in [0.15, 0.2) is 5.82 Å². The topological polar surface area (TPSA) is 235 Å². The van der Waals surface area contributed by atoms with Gasteiger partial charge in [-0.25, -0.2) is 14.8 Å². The van der Waals surface area contributed by atoms with Crippen LogP contribution in [0.2, 0.25) is 0 Å². The van der Waals surface area contributed by atoms with Crippen LogP contribution in [0.5, 0.6) is 0 Å². The first-order valence-electron chi connectivity index (χ1n) is 15.1. The number of nitrogens with zero attached hydrogens (tertiary/aromatic N) is 4. The van der Waals surface area contributed by atoms with Gasteiger partial charge in [0.25, 0.3) is 5.91 Å². The molecule has 1 atom stereocenters. The molecule has 1 aromatic heterocycles. The highest BCUT2D eigenvalue weighted by atomic mass is 32.2. The van der Waals surface area contributed by atoms with Crippen LogP contribution >= 0.6 is 0 Å². The summed E-state index contributed by atoms with van der Waals surface area (Å²) in [5, 5.41) is 14.9. The van der Waals surface area contributed by atoms with Crippen molar-refractivity contribution in [1.82, 2.24) is 25.1 Å². The quantitative estimate of drug-likeness (QED) is 0.131. The average molecular weight is 735 g/mol. The molecule has 2 heterocycles. The number of carboxylic acid groups (broad SMARTS) is 1. The lowest BCUT2D eigenvalue weighted by Crippen LogP contribution is -2.56. The SMILES string of the molecule is CCOC(=O)CCNc1cc(C(=O)NC(CCC(=O)O)C(=O)N2CCN(C(=O)OCC)CC2)nc(-c2ccccc2)n1.O=S(=O)(O)C(F)(F)F. The first-order chi connectivity index (χ1) is 23.5. The summed E-state index contributed by atoms with van der Waals surface area (Å²) < 4.78 is 67.5. The van der Waals surface area contributed by atoms with Gasteiger partial charge >= 0.3 is 33.7 Å². The van der Waals surface area contributed by atoms with E-state index in [0.717, 1.165) is 0 Å². The molecule has 2 aromatic rings. The van der Waals surface area contributed by atoms with Crippen LogP contribution in [0.4, 0.5) is 23.8 Å². The second-order valence-electron chi connectivity index (χ2n) is 10.2. The van der Waals surface area contributed by atoms with Gasteiger partial charge in [-0.05, 0) is 20.3 Å². The second kappa shape index (κ2) is 19.2. The number of anilines is 1. The number of benzene rings is 1. The molecule has 0 spiro atoms. The highest BCUT2D eigenvalue weighted by molar-refractivity contribution is 7.86. The summed E-state index contributed by atoms with van der Waals surface area (Å²) in [5.74, 6) is -2.14. The Bertz CT molecular complexity index is 1590. The number of esters is 1. The van der Waals surface area contributed by atoms with E-state index in [0.29, 0.717) is 5.56 Å². The van der Waals surface area contributed by atoms with Gasteiger partial charge in [0.05, 0.1) is 19.6 Å². The maximum atomic E-state index is 13.4. The van der Waals surface area contributed by atoms with Gasteiger partial charge in [-0.2, -0.15) is 21.6 Å². The predicted octanol–water partition coefficient (Wildman–Crippen LogP) is 2.17. The Balaban J connectivity index is 0.000000963. The number of aliphatic carboxylic acids is 1. The first kappa shape index (κ1) is 41.1. The second-order valence-corrected chi connectivity index (χ2v) is 11.6. The molecule has 276 valence electrons. The summed E-state index contributed by atoms with van der Waals surface area (Å²) in [5.41, 5.74) is -4.95. The van der Waals surface area contributed by atoms with Crippen molar-refractivity contribution in [2.45, 2.75) is 44.7 Å². The third-order valence-electron chi connectivity index (χ3n) is 6.59. The van der Waals surface area contributed by atoms with Crippen LogP contribution < -0.4 is 10.6 Å². The number of carboxylic acids is 1. The molecule has 3 rings (SSSR count). The minimum atomic E-state index is -5.84. The normalized spacial score (nSPS) is 13.6. The number of hydrogen-bond donors (Lipinski definition) is 4. The van der Waals surface area contributed by atoms with E-state index in [2.05, 4.69) is 20.6 Å². The molecule has 1 unspecified atom stereocenters. The molecule has 0 bridgehead atoms. The maximum Gasteiger partial charge on any atom is 0.522 e. The number of aromatic nitrogens is 2. The summed E-state index contributed by atoms with van der Waals surface area (Å²) in [6.07, 6.45) is -0.877. The fraction of sp³-hybridized carbons (Fsp3) is 0.483. The molecular formula is C29H37F3N6O11S. The van der Waals surface area contributed by atoms with Crippen LogP contribution in [0, 0.1) is 0 Å². The molecule has 17 nitrogen and oxygen atoms in total. The summed E-state index contributed by atoms with van der Waals surface area (Å²) >= 11 is 0. The minimum Gasteiger partial charge on any atom is -0.481 e. The van der Waals surface area contributed by atoms with E-state index in [1.54, 1.807) is 38.1 Å². The summed E-state index contributed by atoms with van der Waals surface area (Å²) in [7, 11) is -5.84. The highest BCUT2D eigenvalue weighted by Gasteiger charge is 2.44. The molecule has 0 radical (unpaired) electrons. The van der Waals surface area contributed by atoms with Gasteiger partial charge in [0, 0.05) is 50.8 Å². The van der Waals surface area contributed by atoms with Crippen molar-refractivity contribution in [3.05, 3.63) is 42.1 Å². The van der Waals surface area contributed by atoms with Crippen molar-refractivity contribution < 1.29 is 64.7 Å². The van der Waals surface area contributed by atoms with Crippen LogP contribution in [0.1, 0.15) is 43.6 Å². The zero-order valence-corrected chi connectivity index (χ0v) is 27.8. The minimum absolute atomic E-state index is 0.0530. The Morgan fingerprint density at radius 1 is 0.940 bits per heavy atom. The molecule has 4 N–H and O–H groups in total. The van der Waals surface area contributed by atoms with E-state index in [9.17, 15) is 42.3 Å². The molecule has 1 aromatic carbocycles. The lowest BCUT2D eigenvalue weighted by atomic mass is 10.1. The highest BCUT2D eigenvalue weighted by Crippen LogP contribution is 2.21. The monoisotopic (exact) mass is 734 g/mol. The van der Waals surface area contributed by atoms with Crippen molar-refractivity contribution in [2.75, 3.05) is 51.3 Å². The molecule has 1 saturated heterocycles. The number of ether oxygens (including phenoxy) is 2. The number of piperazine rings is 1. The average Bonchev–Trinajstić information content (AvgIpc) is 3.06. The van der Waals surface area contributed by atoms with Crippen LogP contribution in [-0.4, -0.2) is 125 Å². The van der Waals surface area contributed by atoms with E-state index in [1.807, 2.05) is 6.07 Å². The van der Waals surface area contributed by atoms with Gasteiger partial charge in [-0.3, -0.25) is 23.7 Å². The number of nitrogens with one attached hydrogen (secondary N) is 2. The predicted molar refractivity (Wildman–Crippen MR) is 168 cm³/mol. The number of amides is 3. The maximum absolute atomic E-state index is 13.4. The van der Waals surface area contributed by atoms with Crippen LogP contribution in [0.3, 0.4) is 0 Å². The molecule has 1 aliphatic heterocycles. The van der Waals surface area contributed by atoms with Crippen molar-refractivity contribution >= 4 is 45.8 Å². The fourth-order valence-corrected chi connectivity index (χ4v) is 4.20. The van der Waals surface area contributed by atoms with Gasteiger partial charge in [-0.1, -0.05) is 30.3 Å². The number of hydrogen-bond acceptors (Lipinski definition) is 12. The van der Waals surface area contributed by atoms with Crippen LogP contribution in [0.25, 0.3) is 11.4 Å². The zero-order chi connectivity index (χ0) is 37.5. The van der Waals surface area contributed by atoms with E-state index in [4.69, 9.17) is 22.4 Å². The summed E-state index contributed by atoms with van der Waals surface area (Å²) in [6, 6.07) is 9.21. The Hall–Kier alpha value is -5.05. The van der Waals surface area contributed by atoms with Gasteiger partial charge in [0.1, 0.15) is 17.6 Å². The molecule has 0 saturated carbocycles. The zero-order valence-electron chi connectivity index (χ0n) is 27.0. The molecule has 1 fully saturated rings. The number of carbonyl (C=O) groups excluding carboxylic acids is 4. The Labute approximate surface area is 284 Å². The molecule has 3 amide bonds. The molecule has 21 heteroatoms. The Kier molecular flexibility index (Phi) is 15.8. The third kappa shape index (κ3) is 13.5. The van der Waals surface area contributed by atoms with E-state index >= 15 is 0 Å². The largest absolute Gasteiger partial charge is 0.522 e. The standard InChI is InChI=1S/C28H36N6O8.CHF3O3S/c1-3-41-24(37)12-13-29-22-18-21(30-25(32-22)19-8-6-5-7-9-19)26(38)31-20(10-11-23(35)36)27(39)33-14-16-34(17-15-33)28(40)42-4-2;2-1(3,4)8(5,6)7/h5-9,18,20H,3-4,10-17H2,1-2H3,(H,31,38)(H,35,36)(H,29,30,32);(H,5,6,7). The number of alkyl halides is 3. The molecule has 0 aliphatic carbocycles. The Morgan fingerprint density at radius 2 is 1.52 bits per heavy atom.